The summed E-state index contributed by atoms with van der Waals surface area (Å²) in [4.78, 5) is 27.0. The summed E-state index contributed by atoms with van der Waals surface area (Å²) < 4.78 is 5.14. The van der Waals surface area contributed by atoms with Crippen LogP contribution in [0.25, 0.3) is 0 Å². The van der Waals surface area contributed by atoms with Crippen molar-refractivity contribution in [2.24, 2.45) is 17.8 Å². The fourth-order valence-corrected chi connectivity index (χ4v) is 4.30. The topological polar surface area (TPSA) is 58.6 Å². The quantitative estimate of drug-likeness (QED) is 0.880. The first-order valence-electron chi connectivity index (χ1n) is 9.69. The normalized spacial score (nSPS) is 28.9. The van der Waals surface area contributed by atoms with Crippen molar-refractivity contribution < 1.29 is 14.3 Å². The molecule has 0 bridgehead atoms. The zero-order valence-corrected chi connectivity index (χ0v) is 16.0. The Hall–Kier alpha value is -2.04. The zero-order valence-electron chi connectivity index (χ0n) is 16.0. The van der Waals surface area contributed by atoms with Crippen molar-refractivity contribution in [3.05, 3.63) is 29.8 Å². The highest BCUT2D eigenvalue weighted by atomic mass is 16.5. The van der Waals surface area contributed by atoms with E-state index >= 15 is 0 Å². The van der Waals surface area contributed by atoms with Gasteiger partial charge in [-0.15, -0.1) is 0 Å². The van der Waals surface area contributed by atoms with E-state index in [0.29, 0.717) is 37.4 Å². The number of carbonyl (C=O) groups excluding carboxylic acids is 2. The molecule has 0 radical (unpaired) electrons. The SMILES string of the molecule is COc1ccc(CNC(=O)[C@@H]2CC(=O)N([C@@H]3CCC[C@H](C)[C@H]3C)C2)cc1. The Bertz CT molecular complexity index is 643. The van der Waals surface area contributed by atoms with Gasteiger partial charge in [-0.2, -0.15) is 0 Å². The standard InChI is InChI=1S/C21H30N2O3/c1-14-5-4-6-19(15(14)2)23-13-17(11-20(23)24)21(25)22-12-16-7-9-18(26-3)10-8-16/h7-10,14-15,17,19H,4-6,11-13H2,1-3H3,(H,22,25)/t14-,15+,17+,19+/m0/s1. The molecule has 1 heterocycles. The first-order valence-corrected chi connectivity index (χ1v) is 9.69. The Morgan fingerprint density at radius 3 is 2.65 bits per heavy atom. The van der Waals surface area contributed by atoms with Gasteiger partial charge in [-0.25, -0.2) is 0 Å². The van der Waals surface area contributed by atoms with Crippen LogP contribution in [0.3, 0.4) is 0 Å². The van der Waals surface area contributed by atoms with Gasteiger partial charge in [0.05, 0.1) is 13.0 Å². The lowest BCUT2D eigenvalue weighted by Gasteiger charge is -2.40. The number of methoxy groups -OCH3 is 1. The Balaban J connectivity index is 1.54. The number of likely N-dealkylation sites (tertiary alicyclic amines) is 1. The Morgan fingerprint density at radius 1 is 1.23 bits per heavy atom. The molecule has 1 N–H and O–H groups in total. The van der Waals surface area contributed by atoms with Crippen LogP contribution in [-0.4, -0.2) is 36.4 Å². The van der Waals surface area contributed by atoms with Crippen LogP contribution >= 0.6 is 0 Å². The minimum atomic E-state index is -0.231. The van der Waals surface area contributed by atoms with Crippen LogP contribution in [0.1, 0.15) is 45.1 Å². The van der Waals surface area contributed by atoms with Crippen LogP contribution in [0.2, 0.25) is 0 Å². The van der Waals surface area contributed by atoms with E-state index in [1.54, 1.807) is 7.11 Å². The van der Waals surface area contributed by atoms with E-state index in [4.69, 9.17) is 4.74 Å². The van der Waals surface area contributed by atoms with Gasteiger partial charge in [0, 0.05) is 25.6 Å². The summed E-state index contributed by atoms with van der Waals surface area (Å²) >= 11 is 0. The minimum Gasteiger partial charge on any atom is -0.497 e. The maximum absolute atomic E-state index is 12.5. The van der Waals surface area contributed by atoms with Crippen molar-refractivity contribution >= 4 is 11.8 Å². The van der Waals surface area contributed by atoms with Gasteiger partial charge in [0.2, 0.25) is 11.8 Å². The number of benzene rings is 1. The lowest BCUT2D eigenvalue weighted by Crippen LogP contribution is -2.45. The van der Waals surface area contributed by atoms with Crippen molar-refractivity contribution in [2.45, 2.75) is 52.1 Å². The van der Waals surface area contributed by atoms with Gasteiger partial charge in [-0.05, 0) is 36.0 Å². The van der Waals surface area contributed by atoms with Gasteiger partial charge in [0.25, 0.3) is 0 Å². The predicted molar refractivity (Wildman–Crippen MR) is 101 cm³/mol. The largest absolute Gasteiger partial charge is 0.497 e. The number of hydrogen-bond donors (Lipinski definition) is 1. The van der Waals surface area contributed by atoms with Crippen LogP contribution in [0.5, 0.6) is 5.75 Å². The van der Waals surface area contributed by atoms with E-state index in [2.05, 4.69) is 19.2 Å². The van der Waals surface area contributed by atoms with Gasteiger partial charge in [0.1, 0.15) is 5.75 Å². The molecular weight excluding hydrogens is 328 g/mol. The molecule has 3 rings (SSSR count). The second kappa shape index (κ2) is 8.11. The molecule has 0 spiro atoms. The van der Waals surface area contributed by atoms with Gasteiger partial charge in [-0.3, -0.25) is 9.59 Å². The molecule has 1 aromatic carbocycles. The summed E-state index contributed by atoms with van der Waals surface area (Å²) in [5, 5.41) is 2.98. The first kappa shape index (κ1) is 18.7. The average molecular weight is 358 g/mol. The number of amides is 2. The van der Waals surface area contributed by atoms with E-state index in [1.165, 1.54) is 12.8 Å². The van der Waals surface area contributed by atoms with Crippen molar-refractivity contribution in [2.75, 3.05) is 13.7 Å². The number of hydrogen-bond acceptors (Lipinski definition) is 3. The molecule has 1 aliphatic carbocycles. The lowest BCUT2D eigenvalue weighted by atomic mass is 9.77. The summed E-state index contributed by atoms with van der Waals surface area (Å²) in [6.45, 7) is 5.56. The molecule has 0 unspecified atom stereocenters. The second-order valence-electron chi connectivity index (χ2n) is 7.85. The molecule has 5 heteroatoms. The van der Waals surface area contributed by atoms with E-state index in [1.807, 2.05) is 29.2 Å². The van der Waals surface area contributed by atoms with E-state index in [-0.39, 0.29) is 17.7 Å². The monoisotopic (exact) mass is 358 g/mol. The third-order valence-corrected chi connectivity index (χ3v) is 6.22. The molecular formula is C21H30N2O3. The van der Waals surface area contributed by atoms with Crippen molar-refractivity contribution in [3.63, 3.8) is 0 Å². The molecule has 1 saturated carbocycles. The Morgan fingerprint density at radius 2 is 1.96 bits per heavy atom. The van der Waals surface area contributed by atoms with Crippen LogP contribution < -0.4 is 10.1 Å². The fourth-order valence-electron chi connectivity index (χ4n) is 4.30. The van der Waals surface area contributed by atoms with E-state index in [0.717, 1.165) is 17.7 Å². The summed E-state index contributed by atoms with van der Waals surface area (Å²) in [7, 11) is 1.63. The Kier molecular flexibility index (Phi) is 5.84. The number of ether oxygens (including phenoxy) is 1. The first-order chi connectivity index (χ1) is 12.5. The van der Waals surface area contributed by atoms with Crippen molar-refractivity contribution in [1.82, 2.24) is 10.2 Å². The molecule has 2 aliphatic rings. The highest BCUT2D eigenvalue weighted by Crippen LogP contribution is 2.35. The summed E-state index contributed by atoms with van der Waals surface area (Å²) in [5.74, 6) is 1.84. The number of carbonyl (C=O) groups is 2. The molecule has 0 aromatic heterocycles. The molecule has 2 fully saturated rings. The van der Waals surface area contributed by atoms with E-state index in [9.17, 15) is 9.59 Å². The van der Waals surface area contributed by atoms with Crippen molar-refractivity contribution in [3.8, 4) is 5.75 Å². The van der Waals surface area contributed by atoms with Gasteiger partial charge in [0.15, 0.2) is 0 Å². The second-order valence-corrected chi connectivity index (χ2v) is 7.85. The van der Waals surface area contributed by atoms with Crippen LogP contribution in [0, 0.1) is 17.8 Å². The lowest BCUT2D eigenvalue weighted by molar-refractivity contribution is -0.132. The fraction of sp³-hybridized carbons (Fsp3) is 0.619. The molecule has 1 saturated heterocycles. The molecule has 1 aliphatic heterocycles. The number of nitrogens with one attached hydrogen (secondary N) is 1. The maximum Gasteiger partial charge on any atom is 0.225 e. The molecule has 142 valence electrons. The smallest absolute Gasteiger partial charge is 0.225 e. The van der Waals surface area contributed by atoms with Crippen LogP contribution in [0.4, 0.5) is 0 Å². The van der Waals surface area contributed by atoms with Gasteiger partial charge >= 0.3 is 0 Å². The Labute approximate surface area is 156 Å². The molecule has 1 aromatic rings. The summed E-state index contributed by atoms with van der Waals surface area (Å²) in [5.41, 5.74) is 1.02. The van der Waals surface area contributed by atoms with E-state index < -0.39 is 0 Å². The molecule has 26 heavy (non-hydrogen) atoms. The third-order valence-electron chi connectivity index (χ3n) is 6.22. The average Bonchev–Trinajstić information content (AvgIpc) is 3.04. The molecule has 5 nitrogen and oxygen atoms in total. The maximum atomic E-state index is 12.5. The van der Waals surface area contributed by atoms with Gasteiger partial charge in [-0.1, -0.05) is 38.8 Å². The summed E-state index contributed by atoms with van der Waals surface area (Å²) in [6, 6.07) is 7.94. The molecule has 2 amide bonds. The summed E-state index contributed by atoms with van der Waals surface area (Å²) in [6.07, 6.45) is 3.82. The number of rotatable bonds is 5. The third kappa shape index (κ3) is 4.02. The predicted octanol–water partition coefficient (Wildman–Crippen LogP) is 2.98. The molecule has 4 atom stereocenters. The number of nitrogens with zero attached hydrogens (tertiary/aromatic N) is 1. The van der Waals surface area contributed by atoms with Gasteiger partial charge < -0.3 is 15.0 Å². The van der Waals surface area contributed by atoms with Crippen molar-refractivity contribution in [1.29, 1.82) is 0 Å². The minimum absolute atomic E-state index is 0.0202. The highest BCUT2D eigenvalue weighted by molar-refractivity contribution is 5.89. The zero-order chi connectivity index (χ0) is 18.7. The van der Waals surface area contributed by atoms with Crippen LogP contribution in [0.15, 0.2) is 24.3 Å². The highest BCUT2D eigenvalue weighted by Gasteiger charge is 2.41. The van der Waals surface area contributed by atoms with Crippen LogP contribution in [-0.2, 0) is 16.1 Å².